The average Bonchev–Trinajstić information content (AvgIpc) is 3.31. The standard InChI is InChI=1S/C17H21N3OS/c1-10(2)18-16(21)11(3)22-17-13-6-4-5-7-14(13)19-15(20-17)12-8-9-12/h4-7,10-12H,8-9H2,1-3H3,(H,18,21). The summed E-state index contributed by atoms with van der Waals surface area (Å²) in [5, 5.41) is 4.73. The van der Waals surface area contributed by atoms with Crippen LogP contribution in [0, 0.1) is 0 Å². The lowest BCUT2D eigenvalue weighted by atomic mass is 10.2. The molecule has 1 aliphatic carbocycles. The Morgan fingerprint density at radius 1 is 1.23 bits per heavy atom. The third kappa shape index (κ3) is 3.40. The zero-order valence-corrected chi connectivity index (χ0v) is 14.0. The van der Waals surface area contributed by atoms with E-state index in [0.717, 1.165) is 21.8 Å². The maximum atomic E-state index is 12.1. The van der Waals surface area contributed by atoms with Gasteiger partial charge >= 0.3 is 0 Å². The van der Waals surface area contributed by atoms with Crippen molar-refractivity contribution in [3.63, 3.8) is 0 Å². The van der Waals surface area contributed by atoms with Gasteiger partial charge in [-0.25, -0.2) is 9.97 Å². The average molecular weight is 315 g/mol. The molecule has 1 aromatic carbocycles. The number of amides is 1. The van der Waals surface area contributed by atoms with Crippen LogP contribution in [0.15, 0.2) is 29.3 Å². The number of fused-ring (bicyclic) bond motifs is 1. The Kier molecular flexibility index (Phi) is 4.34. The fourth-order valence-corrected chi connectivity index (χ4v) is 3.26. The van der Waals surface area contributed by atoms with Gasteiger partial charge in [0, 0.05) is 17.3 Å². The van der Waals surface area contributed by atoms with Gasteiger partial charge < -0.3 is 5.32 Å². The van der Waals surface area contributed by atoms with Gasteiger partial charge in [-0.1, -0.05) is 30.0 Å². The second kappa shape index (κ2) is 6.24. The van der Waals surface area contributed by atoms with E-state index in [0.29, 0.717) is 5.92 Å². The van der Waals surface area contributed by atoms with Crippen LogP contribution in [0.1, 0.15) is 45.4 Å². The maximum Gasteiger partial charge on any atom is 0.233 e. The Morgan fingerprint density at radius 2 is 1.95 bits per heavy atom. The van der Waals surface area contributed by atoms with Gasteiger partial charge in [-0.2, -0.15) is 0 Å². The molecule has 5 heteroatoms. The summed E-state index contributed by atoms with van der Waals surface area (Å²) >= 11 is 1.52. The molecule has 1 heterocycles. The van der Waals surface area contributed by atoms with Crippen molar-refractivity contribution in [1.29, 1.82) is 0 Å². The first kappa shape index (κ1) is 15.3. The molecule has 4 nitrogen and oxygen atoms in total. The number of benzene rings is 1. The SMILES string of the molecule is CC(C)NC(=O)C(C)Sc1nc(C2CC2)nc2ccccc12. The Labute approximate surface area is 135 Å². The largest absolute Gasteiger partial charge is 0.353 e. The van der Waals surface area contributed by atoms with Gasteiger partial charge in [-0.3, -0.25) is 4.79 Å². The first-order valence-electron chi connectivity index (χ1n) is 7.78. The van der Waals surface area contributed by atoms with Gasteiger partial charge in [0.2, 0.25) is 5.91 Å². The lowest BCUT2D eigenvalue weighted by Crippen LogP contribution is -2.35. The first-order chi connectivity index (χ1) is 10.5. The van der Waals surface area contributed by atoms with E-state index < -0.39 is 0 Å². The number of aromatic nitrogens is 2. The Balaban J connectivity index is 1.90. The molecule has 0 bridgehead atoms. The van der Waals surface area contributed by atoms with Crippen LogP contribution in [0.4, 0.5) is 0 Å². The summed E-state index contributed by atoms with van der Waals surface area (Å²) < 4.78 is 0. The van der Waals surface area contributed by atoms with Crippen LogP contribution in [0.3, 0.4) is 0 Å². The molecule has 1 saturated carbocycles. The van der Waals surface area contributed by atoms with Crippen LogP contribution in [-0.4, -0.2) is 27.2 Å². The summed E-state index contributed by atoms with van der Waals surface area (Å²) in [6, 6.07) is 8.19. The van der Waals surface area contributed by atoms with Crippen LogP contribution < -0.4 is 5.32 Å². The third-order valence-corrected chi connectivity index (χ3v) is 4.72. The quantitative estimate of drug-likeness (QED) is 0.677. The first-order valence-corrected chi connectivity index (χ1v) is 8.66. The molecule has 1 unspecified atom stereocenters. The van der Waals surface area contributed by atoms with E-state index in [9.17, 15) is 4.79 Å². The molecule has 22 heavy (non-hydrogen) atoms. The molecule has 1 aliphatic rings. The summed E-state index contributed by atoms with van der Waals surface area (Å²) in [6.45, 7) is 5.87. The van der Waals surface area contributed by atoms with E-state index in [1.807, 2.05) is 45.0 Å². The highest BCUT2D eigenvalue weighted by Crippen LogP contribution is 2.40. The molecule has 2 aromatic rings. The zero-order valence-electron chi connectivity index (χ0n) is 13.2. The highest BCUT2D eigenvalue weighted by Gasteiger charge is 2.28. The van der Waals surface area contributed by atoms with Gasteiger partial charge in [0.25, 0.3) is 0 Å². The lowest BCUT2D eigenvalue weighted by molar-refractivity contribution is -0.120. The number of hydrogen-bond donors (Lipinski definition) is 1. The fourth-order valence-electron chi connectivity index (χ4n) is 2.30. The summed E-state index contributed by atoms with van der Waals surface area (Å²) in [6.07, 6.45) is 2.34. The van der Waals surface area contributed by atoms with Crippen molar-refractivity contribution in [2.24, 2.45) is 0 Å². The Bertz CT molecular complexity index is 697. The summed E-state index contributed by atoms with van der Waals surface area (Å²) in [7, 11) is 0. The van der Waals surface area contributed by atoms with Crippen molar-refractivity contribution in [2.75, 3.05) is 0 Å². The zero-order chi connectivity index (χ0) is 15.7. The van der Waals surface area contributed by atoms with Crippen LogP contribution >= 0.6 is 11.8 Å². The molecule has 0 saturated heterocycles. The maximum absolute atomic E-state index is 12.1. The molecular formula is C17H21N3OS. The molecule has 1 amide bonds. The predicted molar refractivity (Wildman–Crippen MR) is 90.1 cm³/mol. The molecule has 1 aromatic heterocycles. The van der Waals surface area contributed by atoms with Crippen LogP contribution in [-0.2, 0) is 4.79 Å². The minimum absolute atomic E-state index is 0.0515. The number of carbonyl (C=O) groups is 1. The highest BCUT2D eigenvalue weighted by molar-refractivity contribution is 8.00. The number of hydrogen-bond acceptors (Lipinski definition) is 4. The van der Waals surface area contributed by atoms with E-state index in [4.69, 9.17) is 4.98 Å². The minimum atomic E-state index is -0.173. The van der Waals surface area contributed by atoms with Gasteiger partial charge in [0.05, 0.1) is 10.8 Å². The number of thioether (sulfide) groups is 1. The molecule has 0 radical (unpaired) electrons. The molecule has 0 spiro atoms. The van der Waals surface area contributed by atoms with E-state index in [2.05, 4.69) is 10.3 Å². The molecule has 116 valence electrons. The van der Waals surface area contributed by atoms with Crippen LogP contribution in [0.5, 0.6) is 0 Å². The molecule has 3 rings (SSSR count). The van der Waals surface area contributed by atoms with E-state index in [1.165, 1.54) is 24.6 Å². The number of carbonyl (C=O) groups excluding carboxylic acids is 1. The Hall–Kier alpha value is -1.62. The van der Waals surface area contributed by atoms with Gasteiger partial charge in [0.15, 0.2) is 0 Å². The van der Waals surface area contributed by atoms with Crippen molar-refractivity contribution in [2.45, 2.75) is 55.8 Å². The highest BCUT2D eigenvalue weighted by atomic mass is 32.2. The second-order valence-electron chi connectivity index (χ2n) is 6.10. The van der Waals surface area contributed by atoms with Crippen molar-refractivity contribution >= 4 is 28.6 Å². The fraction of sp³-hybridized carbons (Fsp3) is 0.471. The minimum Gasteiger partial charge on any atom is -0.353 e. The van der Waals surface area contributed by atoms with Crippen molar-refractivity contribution < 1.29 is 4.79 Å². The number of rotatable bonds is 5. The summed E-state index contributed by atoms with van der Waals surface area (Å²) in [4.78, 5) is 21.6. The molecule has 0 aliphatic heterocycles. The van der Waals surface area contributed by atoms with Crippen molar-refractivity contribution in [3.05, 3.63) is 30.1 Å². The number of nitrogens with one attached hydrogen (secondary N) is 1. The molecule has 1 N–H and O–H groups in total. The van der Waals surface area contributed by atoms with Crippen molar-refractivity contribution in [1.82, 2.24) is 15.3 Å². The van der Waals surface area contributed by atoms with Gasteiger partial charge in [-0.05, 0) is 39.7 Å². The van der Waals surface area contributed by atoms with E-state index in [1.54, 1.807) is 0 Å². The van der Waals surface area contributed by atoms with E-state index >= 15 is 0 Å². The second-order valence-corrected chi connectivity index (χ2v) is 7.43. The molecular weight excluding hydrogens is 294 g/mol. The van der Waals surface area contributed by atoms with Crippen molar-refractivity contribution in [3.8, 4) is 0 Å². The van der Waals surface area contributed by atoms with Gasteiger partial charge in [0.1, 0.15) is 10.9 Å². The molecule has 1 fully saturated rings. The van der Waals surface area contributed by atoms with E-state index in [-0.39, 0.29) is 17.2 Å². The number of nitrogens with zero attached hydrogens (tertiary/aromatic N) is 2. The summed E-state index contributed by atoms with van der Waals surface area (Å²) in [5.74, 6) is 1.48. The lowest BCUT2D eigenvalue weighted by Gasteiger charge is -2.15. The van der Waals surface area contributed by atoms with Gasteiger partial charge in [-0.15, -0.1) is 0 Å². The normalized spacial score (nSPS) is 16.0. The predicted octanol–water partition coefficient (Wildman–Crippen LogP) is 3.51. The monoisotopic (exact) mass is 315 g/mol. The summed E-state index contributed by atoms with van der Waals surface area (Å²) in [5.41, 5.74) is 0.971. The molecule has 1 atom stereocenters. The van der Waals surface area contributed by atoms with Crippen LogP contribution in [0.25, 0.3) is 10.9 Å². The Morgan fingerprint density at radius 3 is 2.64 bits per heavy atom. The topological polar surface area (TPSA) is 54.9 Å². The third-order valence-electron chi connectivity index (χ3n) is 3.62. The van der Waals surface area contributed by atoms with Crippen LogP contribution in [0.2, 0.25) is 0 Å². The number of para-hydroxylation sites is 1. The smallest absolute Gasteiger partial charge is 0.233 e.